The van der Waals surface area contributed by atoms with Crippen molar-refractivity contribution in [3.05, 3.63) is 45.2 Å². The first-order valence-electron chi connectivity index (χ1n) is 4.85. The number of rotatable bonds is 3. The molecular weight excluding hydrogens is 303 g/mol. The monoisotopic (exact) mass is 309 g/mol. The van der Waals surface area contributed by atoms with Crippen LogP contribution in [0, 0.1) is 0 Å². The number of aromatic nitrogens is 1. The van der Waals surface area contributed by atoms with Crippen molar-refractivity contribution in [3.8, 4) is 0 Å². The van der Waals surface area contributed by atoms with Crippen molar-refractivity contribution in [3.63, 3.8) is 0 Å². The van der Waals surface area contributed by atoms with Crippen LogP contribution in [0.15, 0.2) is 35.5 Å². The Morgan fingerprint density at radius 1 is 1.22 bits per heavy atom. The molecule has 7 heteroatoms. The minimum absolute atomic E-state index is 0.563. The first-order valence-corrected chi connectivity index (χ1v) is 7.03. The Labute approximate surface area is 115 Å². The molecule has 0 spiro atoms. The summed E-state index contributed by atoms with van der Waals surface area (Å²) < 4.78 is 37.6. The average Bonchev–Trinajstić information content (AvgIpc) is 2.72. The number of alkyl halides is 3. The Balaban J connectivity index is 1.98. The van der Waals surface area contributed by atoms with Crippen molar-refractivity contribution < 1.29 is 13.2 Å². The van der Waals surface area contributed by atoms with Gasteiger partial charge in [-0.25, -0.2) is 4.98 Å². The van der Waals surface area contributed by atoms with Crippen LogP contribution in [0.2, 0.25) is 4.34 Å². The molecule has 0 saturated carbocycles. The molecule has 2 rings (SSSR count). The number of pyridine rings is 1. The second-order valence-corrected chi connectivity index (χ2v) is 6.17. The summed E-state index contributed by atoms with van der Waals surface area (Å²) in [7, 11) is 0. The van der Waals surface area contributed by atoms with E-state index < -0.39 is 11.7 Å². The van der Waals surface area contributed by atoms with Gasteiger partial charge in [0.25, 0.3) is 0 Å². The van der Waals surface area contributed by atoms with E-state index in [9.17, 15) is 13.2 Å². The number of nitrogens with zero attached hydrogens (tertiary/aromatic N) is 1. The molecule has 2 aromatic rings. The maximum Gasteiger partial charge on any atom is 0.417 e. The molecule has 2 heterocycles. The molecule has 0 saturated heterocycles. The fourth-order valence-electron chi connectivity index (χ4n) is 1.21. The van der Waals surface area contributed by atoms with Gasteiger partial charge in [-0.1, -0.05) is 11.6 Å². The molecule has 0 aliphatic heterocycles. The Bertz CT molecular complexity index is 522. The highest BCUT2D eigenvalue weighted by Crippen LogP contribution is 2.31. The van der Waals surface area contributed by atoms with E-state index in [1.54, 1.807) is 6.07 Å². The van der Waals surface area contributed by atoms with Crippen molar-refractivity contribution in [1.82, 2.24) is 4.98 Å². The molecule has 0 aliphatic rings. The van der Waals surface area contributed by atoms with Crippen LogP contribution in [0.5, 0.6) is 0 Å². The van der Waals surface area contributed by atoms with Crippen molar-refractivity contribution in [2.24, 2.45) is 0 Å². The zero-order chi connectivity index (χ0) is 13.2. The van der Waals surface area contributed by atoms with Gasteiger partial charge in [0, 0.05) is 16.8 Å². The molecule has 1 nitrogen and oxygen atoms in total. The van der Waals surface area contributed by atoms with Crippen molar-refractivity contribution in [2.75, 3.05) is 0 Å². The fraction of sp³-hybridized carbons (Fsp3) is 0.182. The molecule has 0 amide bonds. The summed E-state index contributed by atoms with van der Waals surface area (Å²) in [5.41, 5.74) is -0.731. The molecule has 0 N–H and O–H groups in total. The summed E-state index contributed by atoms with van der Waals surface area (Å²) >= 11 is 8.61. The molecule has 0 unspecified atom stereocenters. The molecule has 2 aromatic heterocycles. The van der Waals surface area contributed by atoms with Gasteiger partial charge >= 0.3 is 6.18 Å². The van der Waals surface area contributed by atoms with Crippen LogP contribution in [-0.4, -0.2) is 4.98 Å². The Morgan fingerprint density at radius 2 is 2.00 bits per heavy atom. The Kier molecular flexibility index (Phi) is 4.19. The quantitative estimate of drug-likeness (QED) is 0.731. The third-order valence-corrected chi connectivity index (χ3v) is 4.46. The van der Waals surface area contributed by atoms with Gasteiger partial charge in [-0.15, -0.1) is 23.1 Å². The molecular formula is C11H7ClF3NS2. The Morgan fingerprint density at radius 3 is 2.50 bits per heavy atom. The lowest BCUT2D eigenvalue weighted by Gasteiger charge is -2.06. The smallest absolute Gasteiger partial charge is 0.249 e. The van der Waals surface area contributed by atoms with Crippen LogP contribution >= 0.6 is 34.7 Å². The summed E-state index contributed by atoms with van der Waals surface area (Å²) in [6.07, 6.45) is -3.48. The van der Waals surface area contributed by atoms with Crippen LogP contribution in [0.3, 0.4) is 0 Å². The molecule has 0 bridgehead atoms. The second-order valence-electron chi connectivity index (χ2n) is 3.38. The van der Waals surface area contributed by atoms with E-state index in [-0.39, 0.29) is 0 Å². The van der Waals surface area contributed by atoms with E-state index in [2.05, 4.69) is 4.98 Å². The zero-order valence-corrected chi connectivity index (χ0v) is 11.3. The van der Waals surface area contributed by atoms with Gasteiger partial charge in [-0.2, -0.15) is 13.2 Å². The summed E-state index contributed by atoms with van der Waals surface area (Å²) in [6.45, 7) is 0. The van der Waals surface area contributed by atoms with E-state index in [4.69, 9.17) is 11.6 Å². The number of thiophene rings is 1. The van der Waals surface area contributed by atoms with E-state index in [0.29, 0.717) is 15.1 Å². The van der Waals surface area contributed by atoms with Crippen LogP contribution in [0.4, 0.5) is 13.2 Å². The van der Waals surface area contributed by atoms with Gasteiger partial charge in [0.2, 0.25) is 0 Å². The Hall–Kier alpha value is -0.720. The second kappa shape index (κ2) is 5.50. The van der Waals surface area contributed by atoms with E-state index in [1.807, 2.05) is 6.07 Å². The number of hydrogen-bond acceptors (Lipinski definition) is 3. The lowest BCUT2D eigenvalue weighted by Crippen LogP contribution is -2.05. The summed E-state index contributed by atoms with van der Waals surface area (Å²) in [5.74, 6) is 0.649. The molecule has 0 radical (unpaired) electrons. The predicted molar refractivity (Wildman–Crippen MR) is 68.1 cm³/mol. The summed E-state index contributed by atoms with van der Waals surface area (Å²) in [6, 6.07) is 6.10. The van der Waals surface area contributed by atoms with Gasteiger partial charge < -0.3 is 0 Å². The number of thioether (sulfide) groups is 1. The standard InChI is InChI=1S/C11H7ClF3NS2/c12-9-3-2-8(18-9)6-17-10-4-1-7(5-16-10)11(13,14)15/h1-5H,6H2. The van der Waals surface area contributed by atoms with Crippen molar-refractivity contribution in [1.29, 1.82) is 0 Å². The van der Waals surface area contributed by atoms with E-state index >= 15 is 0 Å². The average molecular weight is 310 g/mol. The number of hydrogen-bond donors (Lipinski definition) is 0. The van der Waals surface area contributed by atoms with Crippen LogP contribution in [0.1, 0.15) is 10.4 Å². The van der Waals surface area contributed by atoms with Gasteiger partial charge in [0.05, 0.1) is 14.9 Å². The van der Waals surface area contributed by atoms with Crippen molar-refractivity contribution in [2.45, 2.75) is 17.0 Å². The van der Waals surface area contributed by atoms with Crippen LogP contribution in [0.25, 0.3) is 0 Å². The molecule has 18 heavy (non-hydrogen) atoms. The first kappa shape index (κ1) is 13.7. The van der Waals surface area contributed by atoms with Gasteiger partial charge in [-0.3, -0.25) is 0 Å². The maximum atomic E-state index is 12.3. The summed E-state index contributed by atoms with van der Waals surface area (Å²) in [4.78, 5) is 4.84. The highest BCUT2D eigenvalue weighted by Gasteiger charge is 2.30. The zero-order valence-electron chi connectivity index (χ0n) is 8.87. The minimum atomic E-state index is -4.34. The normalized spacial score (nSPS) is 11.8. The van der Waals surface area contributed by atoms with Gasteiger partial charge in [0.1, 0.15) is 0 Å². The largest absolute Gasteiger partial charge is 0.417 e. The van der Waals surface area contributed by atoms with Crippen LogP contribution < -0.4 is 0 Å². The SMILES string of the molecule is FC(F)(F)c1ccc(SCc2ccc(Cl)s2)nc1. The third kappa shape index (κ3) is 3.63. The first-order chi connectivity index (χ1) is 8.45. The molecule has 0 aliphatic carbocycles. The molecule has 0 fully saturated rings. The van der Waals surface area contributed by atoms with Crippen LogP contribution in [-0.2, 0) is 11.9 Å². The topological polar surface area (TPSA) is 12.9 Å². The lowest BCUT2D eigenvalue weighted by atomic mass is 10.3. The molecule has 0 atom stereocenters. The van der Waals surface area contributed by atoms with Crippen molar-refractivity contribution >= 4 is 34.7 Å². The lowest BCUT2D eigenvalue weighted by molar-refractivity contribution is -0.137. The third-order valence-electron chi connectivity index (χ3n) is 2.05. The van der Waals surface area contributed by atoms with Gasteiger partial charge in [0.15, 0.2) is 0 Å². The van der Waals surface area contributed by atoms with E-state index in [0.717, 1.165) is 17.1 Å². The minimum Gasteiger partial charge on any atom is -0.249 e. The molecule has 96 valence electrons. The molecule has 0 aromatic carbocycles. The fourth-order valence-corrected chi connectivity index (χ4v) is 3.18. The highest BCUT2D eigenvalue weighted by molar-refractivity contribution is 7.98. The summed E-state index contributed by atoms with van der Waals surface area (Å²) in [5, 5.41) is 0.563. The maximum absolute atomic E-state index is 12.3. The predicted octanol–water partition coefficient (Wildman–Crippen LogP) is 5.11. The van der Waals surface area contributed by atoms with E-state index in [1.165, 1.54) is 29.2 Å². The van der Waals surface area contributed by atoms with Gasteiger partial charge in [-0.05, 0) is 24.3 Å². The number of halogens is 4. The highest BCUT2D eigenvalue weighted by atomic mass is 35.5.